The molecule has 2 aromatic rings. The van der Waals surface area contributed by atoms with Gasteiger partial charge in [-0.15, -0.1) is 0 Å². The van der Waals surface area contributed by atoms with Gasteiger partial charge >= 0.3 is 6.16 Å². The Morgan fingerprint density at radius 3 is 2.16 bits per heavy atom. The summed E-state index contributed by atoms with van der Waals surface area (Å²) in [6.45, 7) is 4.01. The highest BCUT2D eigenvalue weighted by molar-refractivity contribution is 7.18. The molecule has 6 heteroatoms. The van der Waals surface area contributed by atoms with Crippen LogP contribution >= 0.6 is 11.3 Å². The van der Waals surface area contributed by atoms with E-state index in [2.05, 4.69) is 0 Å². The van der Waals surface area contributed by atoms with Gasteiger partial charge in [0.2, 0.25) is 11.0 Å². The van der Waals surface area contributed by atoms with Gasteiger partial charge in [0.25, 0.3) is 0 Å². The van der Waals surface area contributed by atoms with Crippen molar-refractivity contribution < 1.29 is 19.4 Å². The Hall–Kier alpha value is -2.34. The van der Waals surface area contributed by atoms with Gasteiger partial charge in [-0.2, -0.15) is 0 Å². The average Bonchev–Trinajstić information content (AvgIpc) is 3.10. The van der Waals surface area contributed by atoms with Gasteiger partial charge in [-0.1, -0.05) is 41.7 Å². The molecule has 164 valence electrons. The molecule has 0 atom stereocenters. The van der Waals surface area contributed by atoms with Crippen LogP contribution in [-0.2, 0) is 4.79 Å². The van der Waals surface area contributed by atoms with Gasteiger partial charge in [0.1, 0.15) is 0 Å². The summed E-state index contributed by atoms with van der Waals surface area (Å²) in [7, 11) is 0. The topological polar surface area (TPSA) is 66.8 Å². The highest BCUT2D eigenvalue weighted by atomic mass is 32.1. The van der Waals surface area contributed by atoms with Crippen molar-refractivity contribution in [1.29, 1.82) is 0 Å². The Morgan fingerprint density at radius 2 is 1.65 bits per heavy atom. The number of carbonyl (C=O) groups excluding carboxylic acids is 1. The van der Waals surface area contributed by atoms with Gasteiger partial charge in [-0.05, 0) is 81.8 Å². The minimum absolute atomic E-state index is 0.0881. The largest absolute Gasteiger partial charge is 0.512 e. The molecule has 0 aliphatic heterocycles. The molecule has 4 aliphatic carbocycles. The van der Waals surface area contributed by atoms with Crippen LogP contribution in [0.1, 0.15) is 52.4 Å². The molecular weight excluding hydrogens is 410 g/mol. The first kappa shape index (κ1) is 20.6. The first-order valence-corrected chi connectivity index (χ1v) is 12.1. The molecule has 0 unspecified atom stereocenters. The van der Waals surface area contributed by atoms with Crippen LogP contribution < -0.4 is 9.64 Å². The third kappa shape index (κ3) is 3.65. The van der Waals surface area contributed by atoms with E-state index in [9.17, 15) is 14.7 Å². The lowest BCUT2D eigenvalue weighted by Gasteiger charge is -2.56. The number of carboxylic acid groups (broad SMARTS) is 1. The zero-order valence-electron chi connectivity index (χ0n) is 18.0. The summed E-state index contributed by atoms with van der Waals surface area (Å²) in [5.41, 5.74) is 1.27. The minimum Gasteiger partial charge on any atom is -0.449 e. The molecule has 6 rings (SSSR count). The summed E-state index contributed by atoms with van der Waals surface area (Å²) in [5.74, 6) is 2.16. The number of rotatable bonds is 5. The summed E-state index contributed by atoms with van der Waals surface area (Å²) in [6.07, 6.45) is 5.41. The van der Waals surface area contributed by atoms with E-state index in [1.165, 1.54) is 30.6 Å². The van der Waals surface area contributed by atoms with E-state index in [1.54, 1.807) is 0 Å². The van der Waals surface area contributed by atoms with Crippen molar-refractivity contribution in [2.75, 3.05) is 4.90 Å². The van der Waals surface area contributed by atoms with E-state index in [0.29, 0.717) is 23.4 Å². The number of carbonyl (C=O) groups is 2. The summed E-state index contributed by atoms with van der Waals surface area (Å²) >= 11 is 1.28. The van der Waals surface area contributed by atoms with Gasteiger partial charge < -0.3 is 14.7 Å². The minimum atomic E-state index is -1.35. The monoisotopic (exact) mass is 439 g/mol. The maximum atomic E-state index is 14.2. The fraction of sp³-hybridized carbons (Fsp3) is 0.520. The standard InChI is InChI=1S/C25H29NO4S/c1-15(2)26(23(27)25-12-16-8-17(13-25)10-18(9-16)14-25)20-11-21(19-6-4-3-5-7-19)31-22(20)30-24(28)29/h3-7,11,15-18H,8-10,12-14H2,1-2H3,(H,28,29). The van der Waals surface area contributed by atoms with Crippen LogP contribution in [0.2, 0.25) is 0 Å². The third-order valence-electron chi connectivity index (χ3n) is 7.40. The van der Waals surface area contributed by atoms with Crippen LogP contribution in [0, 0.1) is 23.2 Å². The molecule has 1 aromatic carbocycles. The van der Waals surface area contributed by atoms with Crippen molar-refractivity contribution in [2.45, 2.75) is 58.4 Å². The second-order valence-corrected chi connectivity index (χ2v) is 11.0. The lowest BCUT2D eigenvalue weighted by Crippen LogP contribution is -2.56. The van der Waals surface area contributed by atoms with Gasteiger partial charge in [0.15, 0.2) is 0 Å². The SMILES string of the molecule is CC(C)N(C(=O)C12CC3CC(CC(C3)C1)C2)c1cc(-c2ccccc2)sc1OC(=O)O. The first-order chi connectivity index (χ1) is 14.8. The molecule has 1 N–H and O–H groups in total. The van der Waals surface area contributed by atoms with Crippen LogP contribution in [0.25, 0.3) is 10.4 Å². The maximum absolute atomic E-state index is 14.2. The average molecular weight is 440 g/mol. The molecule has 4 aliphatic rings. The fourth-order valence-electron chi connectivity index (χ4n) is 6.68. The highest BCUT2D eigenvalue weighted by Gasteiger charge is 2.56. The predicted molar refractivity (Wildman–Crippen MR) is 122 cm³/mol. The van der Waals surface area contributed by atoms with Crippen LogP contribution in [0.5, 0.6) is 5.06 Å². The summed E-state index contributed by atoms with van der Waals surface area (Å²) in [4.78, 5) is 28.3. The van der Waals surface area contributed by atoms with Gasteiger partial charge in [0, 0.05) is 10.9 Å². The molecule has 31 heavy (non-hydrogen) atoms. The van der Waals surface area contributed by atoms with E-state index >= 15 is 0 Å². The molecule has 0 saturated heterocycles. The molecule has 4 fully saturated rings. The summed E-state index contributed by atoms with van der Waals surface area (Å²) < 4.78 is 5.19. The molecule has 4 bridgehead atoms. The zero-order chi connectivity index (χ0) is 21.8. The van der Waals surface area contributed by atoms with Gasteiger partial charge in [0.05, 0.1) is 11.1 Å². The number of hydrogen-bond donors (Lipinski definition) is 1. The number of benzene rings is 1. The quantitative estimate of drug-likeness (QED) is 0.545. The fourth-order valence-corrected chi connectivity index (χ4v) is 7.68. The number of ether oxygens (including phenoxy) is 1. The second-order valence-electron chi connectivity index (χ2n) is 9.98. The van der Waals surface area contributed by atoms with E-state index in [1.807, 2.05) is 55.1 Å². The normalized spacial score (nSPS) is 28.7. The number of hydrogen-bond acceptors (Lipinski definition) is 4. The molecular formula is C25H29NO4S. The number of thiophene rings is 1. The smallest absolute Gasteiger partial charge is 0.449 e. The Balaban J connectivity index is 1.55. The summed E-state index contributed by atoms with van der Waals surface area (Å²) in [6, 6.07) is 11.7. The third-order valence-corrected chi connectivity index (χ3v) is 8.46. The summed E-state index contributed by atoms with van der Waals surface area (Å²) in [5, 5.41) is 9.62. The van der Waals surface area contributed by atoms with Crippen molar-refractivity contribution in [2.24, 2.45) is 23.2 Å². The van der Waals surface area contributed by atoms with Gasteiger partial charge in [-0.25, -0.2) is 4.79 Å². The molecule has 1 aromatic heterocycles. The van der Waals surface area contributed by atoms with Crippen molar-refractivity contribution in [1.82, 2.24) is 0 Å². The van der Waals surface area contributed by atoms with Crippen molar-refractivity contribution in [3.8, 4) is 15.5 Å². The Bertz CT molecular complexity index is 961. The molecule has 0 radical (unpaired) electrons. The van der Waals surface area contributed by atoms with E-state index in [0.717, 1.165) is 29.7 Å². The molecule has 0 spiro atoms. The van der Waals surface area contributed by atoms with Crippen LogP contribution in [0.15, 0.2) is 36.4 Å². The lowest BCUT2D eigenvalue weighted by atomic mass is 9.49. The molecule has 1 amide bonds. The Morgan fingerprint density at radius 1 is 1.06 bits per heavy atom. The van der Waals surface area contributed by atoms with E-state index in [4.69, 9.17) is 4.74 Å². The Labute approximate surface area is 187 Å². The van der Waals surface area contributed by atoms with Crippen LogP contribution in [0.4, 0.5) is 10.5 Å². The number of nitrogens with zero attached hydrogens (tertiary/aromatic N) is 1. The van der Waals surface area contributed by atoms with Crippen molar-refractivity contribution in [3.63, 3.8) is 0 Å². The van der Waals surface area contributed by atoms with Crippen LogP contribution in [0.3, 0.4) is 0 Å². The zero-order valence-corrected chi connectivity index (χ0v) is 18.9. The predicted octanol–water partition coefficient (Wildman–Crippen LogP) is 6.43. The lowest BCUT2D eigenvalue weighted by molar-refractivity contribution is -0.143. The van der Waals surface area contributed by atoms with Crippen molar-refractivity contribution >= 4 is 29.1 Å². The van der Waals surface area contributed by atoms with E-state index in [-0.39, 0.29) is 22.4 Å². The van der Waals surface area contributed by atoms with Crippen LogP contribution in [-0.4, -0.2) is 23.2 Å². The van der Waals surface area contributed by atoms with Crippen molar-refractivity contribution in [3.05, 3.63) is 36.4 Å². The molecule has 5 nitrogen and oxygen atoms in total. The molecule has 4 saturated carbocycles. The number of anilines is 1. The van der Waals surface area contributed by atoms with E-state index < -0.39 is 6.16 Å². The van der Waals surface area contributed by atoms with Gasteiger partial charge in [-0.3, -0.25) is 4.79 Å². The first-order valence-electron chi connectivity index (χ1n) is 11.3. The Kier molecular flexibility index (Phi) is 5.08. The second kappa shape index (κ2) is 7.66. The number of amides is 1. The maximum Gasteiger partial charge on any atom is 0.512 e. The molecule has 1 heterocycles. The highest BCUT2D eigenvalue weighted by Crippen LogP contribution is 2.61.